The van der Waals surface area contributed by atoms with Crippen molar-refractivity contribution < 1.29 is 5.11 Å². The minimum atomic E-state index is -0.381. The van der Waals surface area contributed by atoms with Crippen molar-refractivity contribution >= 4 is 11.8 Å². The molecule has 2 nitrogen and oxygen atoms in total. The molecule has 0 aliphatic rings. The van der Waals surface area contributed by atoms with Crippen LogP contribution in [0.3, 0.4) is 0 Å². The van der Waals surface area contributed by atoms with E-state index in [1.54, 1.807) is 11.8 Å². The fraction of sp³-hybridized carbons (Fsp3) is 0.500. The maximum Gasteiger partial charge on any atom is 0.0772 e. The molecular formula is C12H19NOS. The van der Waals surface area contributed by atoms with Crippen LogP contribution in [0.1, 0.15) is 18.6 Å². The van der Waals surface area contributed by atoms with Gasteiger partial charge in [-0.15, -0.1) is 11.8 Å². The van der Waals surface area contributed by atoms with Crippen LogP contribution in [0.5, 0.6) is 0 Å². The molecule has 1 rings (SSSR count). The van der Waals surface area contributed by atoms with E-state index in [-0.39, 0.29) is 6.10 Å². The highest BCUT2D eigenvalue weighted by Gasteiger charge is 2.06. The quantitative estimate of drug-likeness (QED) is 0.778. The zero-order chi connectivity index (χ0) is 11.3. The SMILES string of the molecule is CC(O)c1ccccc1SCCN(C)C. The number of benzene rings is 1. The van der Waals surface area contributed by atoms with Crippen molar-refractivity contribution in [2.24, 2.45) is 0 Å². The van der Waals surface area contributed by atoms with Crippen LogP contribution in [0, 0.1) is 0 Å². The van der Waals surface area contributed by atoms with Crippen LogP contribution in [0.2, 0.25) is 0 Å². The molecule has 3 heteroatoms. The maximum absolute atomic E-state index is 9.59. The average molecular weight is 225 g/mol. The summed E-state index contributed by atoms with van der Waals surface area (Å²) in [7, 11) is 4.14. The van der Waals surface area contributed by atoms with E-state index in [1.807, 2.05) is 25.1 Å². The van der Waals surface area contributed by atoms with Crippen LogP contribution in [-0.2, 0) is 0 Å². The van der Waals surface area contributed by atoms with Crippen LogP contribution in [0.4, 0.5) is 0 Å². The molecule has 0 bridgehead atoms. The van der Waals surface area contributed by atoms with Gasteiger partial charge in [-0.1, -0.05) is 18.2 Å². The lowest BCUT2D eigenvalue weighted by atomic mass is 10.1. The highest BCUT2D eigenvalue weighted by Crippen LogP contribution is 2.26. The van der Waals surface area contributed by atoms with Crippen molar-refractivity contribution in [1.29, 1.82) is 0 Å². The van der Waals surface area contributed by atoms with Crippen molar-refractivity contribution in [1.82, 2.24) is 4.90 Å². The molecule has 0 aliphatic heterocycles. The Balaban J connectivity index is 2.59. The van der Waals surface area contributed by atoms with Crippen molar-refractivity contribution in [3.8, 4) is 0 Å². The lowest BCUT2D eigenvalue weighted by Gasteiger charge is -2.13. The van der Waals surface area contributed by atoms with E-state index in [0.29, 0.717) is 0 Å². The Labute approximate surface area is 96.3 Å². The third-order valence-electron chi connectivity index (χ3n) is 2.17. The summed E-state index contributed by atoms with van der Waals surface area (Å²) in [6.07, 6.45) is -0.381. The third kappa shape index (κ3) is 4.24. The summed E-state index contributed by atoms with van der Waals surface area (Å²) in [6, 6.07) is 8.05. The van der Waals surface area contributed by atoms with Gasteiger partial charge in [-0.2, -0.15) is 0 Å². The maximum atomic E-state index is 9.59. The topological polar surface area (TPSA) is 23.5 Å². The van der Waals surface area contributed by atoms with Crippen LogP contribution in [-0.4, -0.2) is 36.4 Å². The fourth-order valence-corrected chi connectivity index (χ4v) is 2.55. The number of hydrogen-bond donors (Lipinski definition) is 1. The molecule has 0 saturated carbocycles. The third-order valence-corrected chi connectivity index (χ3v) is 3.23. The number of nitrogens with zero attached hydrogens (tertiary/aromatic N) is 1. The second-order valence-corrected chi connectivity index (χ2v) is 5.00. The Bertz CT molecular complexity index is 299. The Morgan fingerprint density at radius 2 is 2.00 bits per heavy atom. The summed E-state index contributed by atoms with van der Waals surface area (Å²) in [4.78, 5) is 3.35. The minimum Gasteiger partial charge on any atom is -0.389 e. The Morgan fingerprint density at radius 1 is 1.33 bits per heavy atom. The Morgan fingerprint density at radius 3 is 2.60 bits per heavy atom. The molecule has 0 spiro atoms. The molecule has 1 aromatic carbocycles. The summed E-state index contributed by atoms with van der Waals surface area (Å²) in [5, 5.41) is 9.59. The normalized spacial score (nSPS) is 13.1. The second-order valence-electron chi connectivity index (χ2n) is 3.87. The van der Waals surface area contributed by atoms with Crippen molar-refractivity contribution in [2.45, 2.75) is 17.9 Å². The minimum absolute atomic E-state index is 0.381. The number of aliphatic hydroxyl groups is 1. The van der Waals surface area contributed by atoms with Gasteiger partial charge in [0.05, 0.1) is 6.10 Å². The first-order chi connectivity index (χ1) is 7.11. The van der Waals surface area contributed by atoms with Crippen molar-refractivity contribution in [3.63, 3.8) is 0 Å². The molecule has 0 saturated heterocycles. The zero-order valence-corrected chi connectivity index (χ0v) is 10.4. The highest BCUT2D eigenvalue weighted by molar-refractivity contribution is 7.99. The number of aliphatic hydroxyl groups excluding tert-OH is 1. The van der Waals surface area contributed by atoms with Crippen LogP contribution < -0.4 is 0 Å². The largest absolute Gasteiger partial charge is 0.389 e. The van der Waals surface area contributed by atoms with E-state index in [0.717, 1.165) is 17.9 Å². The first kappa shape index (κ1) is 12.6. The average Bonchev–Trinajstić information content (AvgIpc) is 2.17. The molecular weight excluding hydrogens is 206 g/mol. The predicted octanol–water partition coefficient (Wildman–Crippen LogP) is 2.39. The predicted molar refractivity (Wildman–Crippen MR) is 66.4 cm³/mol. The van der Waals surface area contributed by atoms with Gasteiger partial charge in [0, 0.05) is 17.2 Å². The molecule has 0 amide bonds. The molecule has 84 valence electrons. The first-order valence-electron chi connectivity index (χ1n) is 5.16. The number of hydrogen-bond acceptors (Lipinski definition) is 3. The molecule has 1 atom stereocenters. The monoisotopic (exact) mass is 225 g/mol. The van der Waals surface area contributed by atoms with E-state index in [9.17, 15) is 5.11 Å². The van der Waals surface area contributed by atoms with E-state index in [1.165, 1.54) is 4.90 Å². The molecule has 1 unspecified atom stereocenters. The van der Waals surface area contributed by atoms with Crippen LogP contribution in [0.15, 0.2) is 29.2 Å². The van der Waals surface area contributed by atoms with Crippen molar-refractivity contribution in [2.75, 3.05) is 26.4 Å². The van der Waals surface area contributed by atoms with Gasteiger partial charge in [-0.25, -0.2) is 0 Å². The highest BCUT2D eigenvalue weighted by atomic mass is 32.2. The molecule has 1 N–H and O–H groups in total. The van der Waals surface area contributed by atoms with Gasteiger partial charge < -0.3 is 10.0 Å². The number of thioether (sulfide) groups is 1. The van der Waals surface area contributed by atoms with Gasteiger partial charge in [0.2, 0.25) is 0 Å². The Hall–Kier alpha value is -0.510. The zero-order valence-electron chi connectivity index (χ0n) is 9.60. The van der Waals surface area contributed by atoms with Gasteiger partial charge in [0.25, 0.3) is 0 Å². The second kappa shape index (κ2) is 6.16. The van der Waals surface area contributed by atoms with E-state index < -0.39 is 0 Å². The fourth-order valence-electron chi connectivity index (χ4n) is 1.30. The van der Waals surface area contributed by atoms with E-state index >= 15 is 0 Å². The molecule has 0 aromatic heterocycles. The number of rotatable bonds is 5. The summed E-state index contributed by atoms with van der Waals surface area (Å²) >= 11 is 1.80. The standard InChI is InChI=1S/C12H19NOS/c1-10(14)11-6-4-5-7-12(11)15-9-8-13(2)3/h4-7,10,14H,8-9H2,1-3H3. The lowest BCUT2D eigenvalue weighted by molar-refractivity contribution is 0.196. The lowest BCUT2D eigenvalue weighted by Crippen LogP contribution is -2.14. The summed E-state index contributed by atoms with van der Waals surface area (Å²) in [6.45, 7) is 2.87. The van der Waals surface area contributed by atoms with Crippen LogP contribution in [0.25, 0.3) is 0 Å². The smallest absolute Gasteiger partial charge is 0.0772 e. The van der Waals surface area contributed by atoms with E-state index in [4.69, 9.17) is 0 Å². The Kier molecular flexibility index (Phi) is 5.15. The van der Waals surface area contributed by atoms with Crippen LogP contribution >= 0.6 is 11.8 Å². The summed E-state index contributed by atoms with van der Waals surface area (Å²) in [5.74, 6) is 1.05. The van der Waals surface area contributed by atoms with Gasteiger partial charge in [-0.3, -0.25) is 0 Å². The first-order valence-corrected chi connectivity index (χ1v) is 6.14. The molecule has 0 fully saturated rings. The summed E-state index contributed by atoms with van der Waals surface area (Å²) < 4.78 is 0. The summed E-state index contributed by atoms with van der Waals surface area (Å²) in [5.41, 5.74) is 1.03. The molecule has 0 aliphatic carbocycles. The van der Waals surface area contributed by atoms with Gasteiger partial charge in [0.1, 0.15) is 0 Å². The molecule has 15 heavy (non-hydrogen) atoms. The molecule has 0 heterocycles. The molecule has 1 aromatic rings. The molecule has 0 radical (unpaired) electrons. The van der Waals surface area contributed by atoms with Gasteiger partial charge in [-0.05, 0) is 32.6 Å². The van der Waals surface area contributed by atoms with Gasteiger partial charge >= 0.3 is 0 Å². The van der Waals surface area contributed by atoms with E-state index in [2.05, 4.69) is 25.1 Å². The van der Waals surface area contributed by atoms with Gasteiger partial charge in [0.15, 0.2) is 0 Å². The van der Waals surface area contributed by atoms with Crippen molar-refractivity contribution in [3.05, 3.63) is 29.8 Å².